The maximum atomic E-state index is 13.1. The fraction of sp³-hybridized carbons (Fsp3) is 0.600. The van der Waals surface area contributed by atoms with Gasteiger partial charge in [-0.25, -0.2) is 4.39 Å². The van der Waals surface area contributed by atoms with E-state index in [9.17, 15) is 4.39 Å². The van der Waals surface area contributed by atoms with Gasteiger partial charge in [0, 0.05) is 25.3 Å². The first-order chi connectivity index (χ1) is 8.75. The van der Waals surface area contributed by atoms with Crippen molar-refractivity contribution in [2.24, 2.45) is 0 Å². The van der Waals surface area contributed by atoms with Gasteiger partial charge in [0.2, 0.25) is 0 Å². The van der Waals surface area contributed by atoms with Crippen molar-refractivity contribution in [1.82, 2.24) is 5.32 Å². The number of hydrogen-bond donors (Lipinski definition) is 1. The number of hydrogen-bond acceptors (Lipinski definition) is 2. The second-order valence-corrected chi connectivity index (χ2v) is 5.19. The highest BCUT2D eigenvalue weighted by Crippen LogP contribution is 2.17. The standard InChI is InChI=1S/C15H23FN2/c1-18(15-9-4-6-13(16)12-15)11-5-10-17-14-7-2-3-8-14/h4,6,9,12,14,17H,2-3,5,7-8,10-11H2,1H3. The van der Waals surface area contributed by atoms with Gasteiger partial charge in [0.1, 0.15) is 5.82 Å². The molecule has 1 N–H and O–H groups in total. The van der Waals surface area contributed by atoms with Gasteiger partial charge in [0.05, 0.1) is 0 Å². The summed E-state index contributed by atoms with van der Waals surface area (Å²) in [7, 11) is 2.02. The third-order valence-corrected chi connectivity index (χ3v) is 3.71. The molecule has 2 nitrogen and oxygen atoms in total. The van der Waals surface area contributed by atoms with E-state index in [0.717, 1.165) is 31.2 Å². The zero-order valence-electron chi connectivity index (χ0n) is 11.2. The first-order valence-electron chi connectivity index (χ1n) is 6.96. The van der Waals surface area contributed by atoms with Crippen LogP contribution in [0.25, 0.3) is 0 Å². The average molecular weight is 250 g/mol. The van der Waals surface area contributed by atoms with Gasteiger partial charge in [-0.2, -0.15) is 0 Å². The second kappa shape index (κ2) is 6.74. The van der Waals surface area contributed by atoms with E-state index in [4.69, 9.17) is 0 Å². The molecule has 0 unspecified atom stereocenters. The Kier molecular flexibility index (Phi) is 5.00. The van der Waals surface area contributed by atoms with Crippen LogP contribution >= 0.6 is 0 Å². The van der Waals surface area contributed by atoms with E-state index in [1.165, 1.54) is 31.7 Å². The molecule has 100 valence electrons. The summed E-state index contributed by atoms with van der Waals surface area (Å²) < 4.78 is 13.1. The van der Waals surface area contributed by atoms with Crippen LogP contribution < -0.4 is 10.2 Å². The van der Waals surface area contributed by atoms with Gasteiger partial charge in [0.15, 0.2) is 0 Å². The smallest absolute Gasteiger partial charge is 0.125 e. The summed E-state index contributed by atoms with van der Waals surface area (Å²) in [5.41, 5.74) is 0.955. The number of rotatable bonds is 6. The third-order valence-electron chi connectivity index (χ3n) is 3.71. The highest BCUT2D eigenvalue weighted by Gasteiger charge is 2.13. The normalized spacial score (nSPS) is 16.1. The van der Waals surface area contributed by atoms with Crippen LogP contribution in [0, 0.1) is 5.82 Å². The van der Waals surface area contributed by atoms with Crippen molar-refractivity contribution in [3.8, 4) is 0 Å². The number of benzene rings is 1. The van der Waals surface area contributed by atoms with Crippen molar-refractivity contribution in [2.45, 2.75) is 38.1 Å². The highest BCUT2D eigenvalue weighted by molar-refractivity contribution is 5.45. The maximum absolute atomic E-state index is 13.1. The van der Waals surface area contributed by atoms with Gasteiger partial charge in [-0.15, -0.1) is 0 Å². The molecule has 0 aromatic heterocycles. The lowest BCUT2D eigenvalue weighted by molar-refractivity contribution is 0.515. The summed E-state index contributed by atoms with van der Waals surface area (Å²) in [5, 5.41) is 3.60. The Morgan fingerprint density at radius 1 is 1.33 bits per heavy atom. The molecule has 18 heavy (non-hydrogen) atoms. The van der Waals surface area contributed by atoms with E-state index in [1.807, 2.05) is 13.1 Å². The Balaban J connectivity index is 1.66. The summed E-state index contributed by atoms with van der Waals surface area (Å²) in [6.07, 6.45) is 6.52. The summed E-state index contributed by atoms with van der Waals surface area (Å²) in [5.74, 6) is -0.163. The fourth-order valence-corrected chi connectivity index (χ4v) is 2.60. The molecule has 0 amide bonds. The minimum absolute atomic E-state index is 0.163. The van der Waals surface area contributed by atoms with Crippen molar-refractivity contribution in [3.05, 3.63) is 30.1 Å². The molecule has 1 aliphatic carbocycles. The largest absolute Gasteiger partial charge is 0.374 e. The van der Waals surface area contributed by atoms with E-state index in [2.05, 4.69) is 10.2 Å². The molecule has 0 atom stereocenters. The molecule has 0 heterocycles. The lowest BCUT2D eigenvalue weighted by Gasteiger charge is -2.20. The van der Waals surface area contributed by atoms with Gasteiger partial charge in [-0.1, -0.05) is 18.9 Å². The Morgan fingerprint density at radius 3 is 2.83 bits per heavy atom. The predicted molar refractivity (Wildman–Crippen MR) is 74.5 cm³/mol. The molecule has 0 spiro atoms. The number of halogens is 1. The number of nitrogens with one attached hydrogen (secondary N) is 1. The molecule has 0 radical (unpaired) electrons. The molecule has 1 aliphatic rings. The molecule has 1 saturated carbocycles. The van der Waals surface area contributed by atoms with Gasteiger partial charge >= 0.3 is 0 Å². The molecule has 3 heteroatoms. The van der Waals surface area contributed by atoms with Gasteiger partial charge in [0.25, 0.3) is 0 Å². The van der Waals surface area contributed by atoms with Gasteiger partial charge in [-0.05, 0) is 44.0 Å². The van der Waals surface area contributed by atoms with Crippen LogP contribution in [0.15, 0.2) is 24.3 Å². The summed E-state index contributed by atoms with van der Waals surface area (Å²) in [4.78, 5) is 2.11. The van der Waals surface area contributed by atoms with Crippen molar-refractivity contribution in [1.29, 1.82) is 0 Å². The van der Waals surface area contributed by atoms with Crippen molar-refractivity contribution < 1.29 is 4.39 Å². The van der Waals surface area contributed by atoms with Crippen LogP contribution in [0.2, 0.25) is 0 Å². The molecule has 0 saturated heterocycles. The Bertz CT molecular complexity index is 361. The highest BCUT2D eigenvalue weighted by atomic mass is 19.1. The molecule has 1 aromatic rings. The Hall–Kier alpha value is -1.09. The fourth-order valence-electron chi connectivity index (χ4n) is 2.60. The van der Waals surface area contributed by atoms with Gasteiger partial charge < -0.3 is 10.2 Å². The average Bonchev–Trinajstić information content (AvgIpc) is 2.87. The van der Waals surface area contributed by atoms with Crippen molar-refractivity contribution in [3.63, 3.8) is 0 Å². The van der Waals surface area contributed by atoms with E-state index in [1.54, 1.807) is 12.1 Å². The molecule has 0 aliphatic heterocycles. The van der Waals surface area contributed by atoms with Crippen LogP contribution in [0.4, 0.5) is 10.1 Å². The van der Waals surface area contributed by atoms with E-state index >= 15 is 0 Å². The predicted octanol–water partition coefficient (Wildman–Crippen LogP) is 3.18. The molecule has 0 bridgehead atoms. The van der Waals surface area contributed by atoms with Gasteiger partial charge in [-0.3, -0.25) is 0 Å². The van der Waals surface area contributed by atoms with Crippen LogP contribution in [0.1, 0.15) is 32.1 Å². The first kappa shape index (κ1) is 13.3. The minimum atomic E-state index is -0.163. The Labute approximate surface area is 109 Å². The topological polar surface area (TPSA) is 15.3 Å². The van der Waals surface area contributed by atoms with Crippen LogP contribution in [-0.2, 0) is 0 Å². The van der Waals surface area contributed by atoms with E-state index in [0.29, 0.717) is 0 Å². The zero-order chi connectivity index (χ0) is 12.8. The van der Waals surface area contributed by atoms with Crippen LogP contribution in [-0.4, -0.2) is 26.2 Å². The second-order valence-electron chi connectivity index (χ2n) is 5.19. The molecule has 1 aromatic carbocycles. The lowest BCUT2D eigenvalue weighted by atomic mass is 10.2. The monoisotopic (exact) mass is 250 g/mol. The Morgan fingerprint density at radius 2 is 2.11 bits per heavy atom. The van der Waals surface area contributed by atoms with Crippen molar-refractivity contribution >= 4 is 5.69 Å². The lowest BCUT2D eigenvalue weighted by Crippen LogP contribution is -2.29. The number of anilines is 1. The maximum Gasteiger partial charge on any atom is 0.125 e. The van der Waals surface area contributed by atoms with Crippen LogP contribution in [0.5, 0.6) is 0 Å². The molecule has 1 fully saturated rings. The number of nitrogens with zero attached hydrogens (tertiary/aromatic N) is 1. The van der Waals surface area contributed by atoms with Crippen LogP contribution in [0.3, 0.4) is 0 Å². The third kappa shape index (κ3) is 3.98. The summed E-state index contributed by atoms with van der Waals surface area (Å²) >= 11 is 0. The first-order valence-corrected chi connectivity index (χ1v) is 6.96. The summed E-state index contributed by atoms with van der Waals surface area (Å²) in [6.45, 7) is 2.02. The van der Waals surface area contributed by atoms with E-state index in [-0.39, 0.29) is 5.82 Å². The zero-order valence-corrected chi connectivity index (χ0v) is 11.2. The van der Waals surface area contributed by atoms with E-state index < -0.39 is 0 Å². The molecular weight excluding hydrogens is 227 g/mol. The van der Waals surface area contributed by atoms with Crippen molar-refractivity contribution in [2.75, 3.05) is 25.0 Å². The molecule has 2 rings (SSSR count). The quantitative estimate of drug-likeness (QED) is 0.780. The molecular formula is C15H23FN2. The minimum Gasteiger partial charge on any atom is -0.374 e. The summed E-state index contributed by atoms with van der Waals surface area (Å²) in [6, 6.07) is 7.53. The SMILES string of the molecule is CN(CCCNC1CCCC1)c1cccc(F)c1.